The first-order valence-electron chi connectivity index (χ1n) is 2.14. The van der Waals surface area contributed by atoms with Gasteiger partial charge in [-0.1, -0.05) is 0 Å². The van der Waals surface area contributed by atoms with Crippen molar-refractivity contribution >= 4 is 28.0 Å². The van der Waals surface area contributed by atoms with Crippen molar-refractivity contribution in [3.05, 3.63) is 0 Å². The maximum absolute atomic E-state index is 9.94. The summed E-state index contributed by atoms with van der Waals surface area (Å²) in [6, 6.07) is 0. The predicted octanol–water partition coefficient (Wildman–Crippen LogP) is -0.500. The van der Waals surface area contributed by atoms with Crippen molar-refractivity contribution in [2.75, 3.05) is 0 Å². The van der Waals surface area contributed by atoms with E-state index in [0.29, 0.717) is 0 Å². The van der Waals surface area contributed by atoms with Crippen LogP contribution in [0.25, 0.3) is 0 Å². The normalized spacial score (nSPS) is 11.3. The SMILES string of the molecule is O=C(O)CC([Se])C(=O)O.[Au]. The zero-order chi connectivity index (χ0) is 7.44. The molecule has 0 aromatic heterocycles. The zero-order valence-electron chi connectivity index (χ0n) is 4.71. The van der Waals surface area contributed by atoms with Crippen molar-refractivity contribution in [1.29, 1.82) is 0 Å². The molecular weight excluding hydrogens is 388 g/mol. The third kappa shape index (κ3) is 6.32. The maximum atomic E-state index is 9.94. The fraction of sp³-hybridized carbons (Fsp3) is 0.500. The minimum absolute atomic E-state index is 0. The Morgan fingerprint density at radius 3 is 1.90 bits per heavy atom. The molecule has 0 rings (SSSR count). The van der Waals surface area contributed by atoms with Crippen LogP contribution in [0.1, 0.15) is 6.42 Å². The fourth-order valence-corrected chi connectivity index (χ4v) is 0.545. The van der Waals surface area contributed by atoms with Crippen LogP contribution < -0.4 is 0 Å². The van der Waals surface area contributed by atoms with Crippen molar-refractivity contribution < 1.29 is 42.2 Å². The number of hydrogen-bond donors (Lipinski definition) is 2. The Balaban J connectivity index is 0. The number of hydrogen-bond acceptors (Lipinski definition) is 2. The first-order chi connectivity index (χ1) is 4.04. The van der Waals surface area contributed by atoms with Crippen molar-refractivity contribution in [3.63, 3.8) is 0 Å². The Bertz CT molecular complexity index is 137. The molecule has 2 N–H and O–H groups in total. The van der Waals surface area contributed by atoms with E-state index in [2.05, 4.69) is 16.0 Å². The first kappa shape index (κ1) is 12.8. The molecule has 6 heteroatoms. The Labute approximate surface area is 81.3 Å². The van der Waals surface area contributed by atoms with E-state index in [0.717, 1.165) is 0 Å². The van der Waals surface area contributed by atoms with E-state index in [4.69, 9.17) is 10.2 Å². The van der Waals surface area contributed by atoms with Crippen LogP contribution in [0.2, 0.25) is 4.82 Å². The molecule has 0 spiro atoms. The maximum Gasteiger partial charge on any atom is 0 e. The standard InChI is InChI=1S/C4H5O4Se.Au/c5-3(6)1-2(9)4(7)8;/h2H,1H2,(H,5,6)(H,7,8);. The molecule has 0 aliphatic carbocycles. The monoisotopic (exact) mass is 394 g/mol. The summed E-state index contributed by atoms with van der Waals surface area (Å²) in [7, 11) is 0. The summed E-state index contributed by atoms with van der Waals surface area (Å²) in [5.41, 5.74) is 0. The van der Waals surface area contributed by atoms with E-state index in [1.807, 2.05) is 0 Å². The second kappa shape index (κ2) is 5.95. The molecule has 0 fully saturated rings. The molecule has 62 valence electrons. The first-order valence-corrected chi connectivity index (χ1v) is 3.13. The number of rotatable bonds is 3. The van der Waals surface area contributed by atoms with Gasteiger partial charge in [-0.2, -0.15) is 0 Å². The van der Waals surface area contributed by atoms with Gasteiger partial charge < -0.3 is 0 Å². The van der Waals surface area contributed by atoms with E-state index in [1.165, 1.54) is 0 Å². The molecule has 0 aromatic rings. The largest absolute Gasteiger partial charge is 0 e. The molecule has 0 saturated carbocycles. The van der Waals surface area contributed by atoms with Crippen molar-refractivity contribution in [3.8, 4) is 0 Å². The number of carboxylic acids is 2. The summed E-state index contributed by atoms with van der Waals surface area (Å²) >= 11 is 2.23. The summed E-state index contributed by atoms with van der Waals surface area (Å²) in [5.74, 6) is -2.24. The predicted molar refractivity (Wildman–Crippen MR) is 29.4 cm³/mol. The smallest absolute Gasteiger partial charge is 0 e. The van der Waals surface area contributed by atoms with E-state index in [-0.39, 0.29) is 28.8 Å². The van der Waals surface area contributed by atoms with Gasteiger partial charge in [0.15, 0.2) is 0 Å². The van der Waals surface area contributed by atoms with Crippen LogP contribution >= 0.6 is 0 Å². The van der Waals surface area contributed by atoms with Gasteiger partial charge in [0.2, 0.25) is 0 Å². The zero-order valence-corrected chi connectivity index (χ0v) is 8.58. The molecule has 2 radical (unpaired) electrons. The minimum Gasteiger partial charge on any atom is 0 e. The molecule has 0 aliphatic heterocycles. The Morgan fingerprint density at radius 2 is 1.80 bits per heavy atom. The van der Waals surface area contributed by atoms with Gasteiger partial charge >= 0.3 is 59.0 Å². The quantitative estimate of drug-likeness (QED) is 0.635. The number of aliphatic carboxylic acids is 2. The summed E-state index contributed by atoms with van der Waals surface area (Å²) < 4.78 is 0. The molecule has 0 aliphatic rings. The summed E-state index contributed by atoms with van der Waals surface area (Å²) in [4.78, 5) is 18.9. The van der Waals surface area contributed by atoms with Crippen LogP contribution in [0.3, 0.4) is 0 Å². The van der Waals surface area contributed by atoms with Crippen molar-refractivity contribution in [2.24, 2.45) is 0 Å². The topological polar surface area (TPSA) is 74.6 Å². The summed E-state index contributed by atoms with van der Waals surface area (Å²) in [5, 5.41) is 16.2. The Kier molecular flexibility index (Phi) is 7.63. The minimum atomic E-state index is -1.13. The average Bonchev–Trinajstić information content (AvgIpc) is 1.63. The summed E-state index contributed by atoms with van der Waals surface area (Å²) in [6.45, 7) is 0. The molecule has 0 aromatic carbocycles. The second-order valence-electron chi connectivity index (χ2n) is 1.42. The van der Waals surface area contributed by atoms with E-state index >= 15 is 0 Å². The third-order valence-electron chi connectivity index (χ3n) is 0.635. The van der Waals surface area contributed by atoms with Crippen molar-refractivity contribution in [2.45, 2.75) is 11.2 Å². The molecule has 4 nitrogen and oxygen atoms in total. The number of carbonyl (C=O) groups is 2. The Morgan fingerprint density at radius 1 is 1.40 bits per heavy atom. The van der Waals surface area contributed by atoms with E-state index in [1.54, 1.807) is 0 Å². The molecule has 1 unspecified atom stereocenters. The molecule has 0 bridgehead atoms. The van der Waals surface area contributed by atoms with Crippen LogP contribution in [0.5, 0.6) is 0 Å². The van der Waals surface area contributed by atoms with E-state index in [9.17, 15) is 9.59 Å². The van der Waals surface area contributed by atoms with Gasteiger partial charge in [0.05, 0.1) is 0 Å². The molecule has 0 heterocycles. The van der Waals surface area contributed by atoms with Gasteiger partial charge in [-0.15, -0.1) is 0 Å². The van der Waals surface area contributed by atoms with Gasteiger partial charge in [-0.25, -0.2) is 0 Å². The van der Waals surface area contributed by atoms with Gasteiger partial charge in [0.25, 0.3) is 0 Å². The third-order valence-corrected chi connectivity index (χ3v) is 1.41. The Hall–Kier alpha value is 0.200. The molecule has 0 saturated heterocycles. The molecule has 0 amide bonds. The van der Waals surface area contributed by atoms with Gasteiger partial charge in [0, 0.05) is 22.4 Å². The van der Waals surface area contributed by atoms with Crippen LogP contribution in [-0.2, 0) is 32.0 Å². The van der Waals surface area contributed by atoms with Crippen molar-refractivity contribution in [1.82, 2.24) is 0 Å². The summed E-state index contributed by atoms with van der Waals surface area (Å²) in [6.07, 6.45) is -0.366. The van der Waals surface area contributed by atoms with Crippen LogP contribution in [-0.4, -0.2) is 38.2 Å². The second-order valence-corrected chi connectivity index (χ2v) is 2.62. The van der Waals surface area contributed by atoms with E-state index < -0.39 is 16.8 Å². The van der Waals surface area contributed by atoms with Crippen LogP contribution in [0.4, 0.5) is 0 Å². The number of carboxylic acid groups (broad SMARTS) is 2. The molecule has 10 heavy (non-hydrogen) atoms. The van der Waals surface area contributed by atoms with Gasteiger partial charge in [0.1, 0.15) is 0 Å². The molecular formula is C4H5AuO4Se. The average molecular weight is 393 g/mol. The molecule has 1 atom stereocenters. The van der Waals surface area contributed by atoms with Crippen LogP contribution in [0, 0.1) is 0 Å². The van der Waals surface area contributed by atoms with Gasteiger partial charge in [-0.05, 0) is 0 Å². The van der Waals surface area contributed by atoms with Crippen LogP contribution in [0.15, 0.2) is 0 Å². The van der Waals surface area contributed by atoms with Gasteiger partial charge in [-0.3, -0.25) is 0 Å². The fourth-order valence-electron chi connectivity index (χ4n) is 0.246.